The van der Waals surface area contributed by atoms with E-state index in [1.54, 1.807) is 0 Å². The SMILES string of the molecule is COCC(=O)OC(C(F)(F)F)C(F)(F)F. The molecule has 90 valence electrons. The third-order valence-electron chi connectivity index (χ3n) is 1.11. The smallest absolute Gasteiger partial charge is 0.434 e. The van der Waals surface area contributed by atoms with E-state index in [1.165, 1.54) is 0 Å². The molecule has 0 rings (SSSR count). The molecule has 0 radical (unpaired) electrons. The molecule has 0 bridgehead atoms. The van der Waals surface area contributed by atoms with Gasteiger partial charge in [-0.05, 0) is 0 Å². The Hall–Kier alpha value is -0.990. The number of hydrogen-bond donors (Lipinski definition) is 0. The van der Waals surface area contributed by atoms with Crippen molar-refractivity contribution in [3.63, 3.8) is 0 Å². The molecule has 0 N–H and O–H groups in total. The molecule has 0 spiro atoms. The van der Waals surface area contributed by atoms with Crippen LogP contribution in [0.5, 0.6) is 0 Å². The lowest BCUT2D eigenvalue weighted by Crippen LogP contribution is -2.46. The number of hydrogen-bond acceptors (Lipinski definition) is 3. The lowest BCUT2D eigenvalue weighted by Gasteiger charge is -2.22. The zero-order chi connectivity index (χ0) is 12.3. The minimum atomic E-state index is -5.69. The second kappa shape index (κ2) is 4.69. The fraction of sp³-hybridized carbons (Fsp3) is 0.833. The van der Waals surface area contributed by atoms with Crippen LogP contribution in [0.3, 0.4) is 0 Å². The van der Waals surface area contributed by atoms with Crippen LogP contribution in [0.25, 0.3) is 0 Å². The maximum atomic E-state index is 11.8. The lowest BCUT2D eigenvalue weighted by molar-refractivity contribution is -0.314. The topological polar surface area (TPSA) is 35.5 Å². The fourth-order valence-corrected chi connectivity index (χ4v) is 0.603. The molecular formula is C6H6F6O3. The molecule has 0 aliphatic heterocycles. The Morgan fingerprint density at radius 2 is 1.53 bits per heavy atom. The highest BCUT2D eigenvalue weighted by Gasteiger charge is 2.59. The highest BCUT2D eigenvalue weighted by atomic mass is 19.4. The van der Waals surface area contributed by atoms with Crippen molar-refractivity contribution in [1.29, 1.82) is 0 Å². The maximum absolute atomic E-state index is 11.8. The third kappa shape index (κ3) is 4.86. The molecule has 0 atom stereocenters. The van der Waals surface area contributed by atoms with Gasteiger partial charge in [0.2, 0.25) is 0 Å². The highest BCUT2D eigenvalue weighted by molar-refractivity contribution is 5.71. The second-order valence-electron chi connectivity index (χ2n) is 2.39. The van der Waals surface area contributed by atoms with Gasteiger partial charge in [-0.3, -0.25) is 0 Å². The summed E-state index contributed by atoms with van der Waals surface area (Å²) in [6.45, 7) is -0.983. The summed E-state index contributed by atoms with van der Waals surface area (Å²) in [7, 11) is 0.928. The molecule has 15 heavy (non-hydrogen) atoms. The summed E-state index contributed by atoms with van der Waals surface area (Å²) < 4.78 is 77.9. The second-order valence-corrected chi connectivity index (χ2v) is 2.39. The molecular weight excluding hydrogens is 234 g/mol. The summed E-state index contributed by atoms with van der Waals surface area (Å²) in [5.41, 5.74) is 0. The number of methoxy groups -OCH3 is 1. The number of ether oxygens (including phenoxy) is 2. The Kier molecular flexibility index (Phi) is 4.38. The van der Waals surface area contributed by atoms with E-state index >= 15 is 0 Å². The number of carbonyl (C=O) groups is 1. The summed E-state index contributed by atoms with van der Waals surface area (Å²) in [6.07, 6.45) is -15.5. The first-order valence-corrected chi connectivity index (χ1v) is 3.41. The fourth-order valence-electron chi connectivity index (χ4n) is 0.603. The monoisotopic (exact) mass is 240 g/mol. The third-order valence-corrected chi connectivity index (χ3v) is 1.11. The standard InChI is InChI=1S/C6H6F6O3/c1-14-2-3(13)15-4(5(7,8)9)6(10,11)12/h4H,2H2,1H3. The van der Waals surface area contributed by atoms with Crippen molar-refractivity contribution in [3.05, 3.63) is 0 Å². The van der Waals surface area contributed by atoms with Crippen LogP contribution in [0.4, 0.5) is 26.3 Å². The summed E-state index contributed by atoms with van der Waals surface area (Å²) in [4.78, 5) is 10.4. The van der Waals surface area contributed by atoms with Crippen LogP contribution in [0, 0.1) is 0 Å². The van der Waals surface area contributed by atoms with Gasteiger partial charge < -0.3 is 9.47 Å². The number of esters is 1. The number of rotatable bonds is 3. The van der Waals surface area contributed by atoms with Crippen LogP contribution in [-0.2, 0) is 14.3 Å². The van der Waals surface area contributed by atoms with Gasteiger partial charge in [-0.1, -0.05) is 0 Å². The van der Waals surface area contributed by atoms with Gasteiger partial charge in [0, 0.05) is 7.11 Å². The molecule has 0 aromatic heterocycles. The molecule has 0 fully saturated rings. The minimum Gasteiger partial charge on any atom is -0.441 e. The van der Waals surface area contributed by atoms with Crippen molar-refractivity contribution in [3.8, 4) is 0 Å². The van der Waals surface area contributed by atoms with E-state index in [4.69, 9.17) is 0 Å². The first-order chi connectivity index (χ1) is 6.59. The van der Waals surface area contributed by atoms with Crippen molar-refractivity contribution >= 4 is 5.97 Å². The first-order valence-electron chi connectivity index (χ1n) is 3.41. The molecule has 0 aliphatic rings. The van der Waals surface area contributed by atoms with Gasteiger partial charge in [0.1, 0.15) is 6.61 Å². The molecule has 0 saturated heterocycles. The highest BCUT2D eigenvalue weighted by Crippen LogP contribution is 2.35. The molecule has 0 aromatic carbocycles. The molecule has 9 heteroatoms. The predicted molar refractivity (Wildman–Crippen MR) is 33.9 cm³/mol. The molecule has 0 saturated carbocycles. The van der Waals surface area contributed by atoms with Crippen molar-refractivity contribution in [2.24, 2.45) is 0 Å². The lowest BCUT2D eigenvalue weighted by atomic mass is 10.3. The largest absolute Gasteiger partial charge is 0.441 e. The van der Waals surface area contributed by atoms with Gasteiger partial charge in [0.25, 0.3) is 6.10 Å². The van der Waals surface area contributed by atoms with Crippen LogP contribution in [0.15, 0.2) is 0 Å². The van der Waals surface area contributed by atoms with Gasteiger partial charge >= 0.3 is 18.3 Å². The average Bonchev–Trinajstić information content (AvgIpc) is 1.96. The molecule has 0 aromatic rings. The van der Waals surface area contributed by atoms with E-state index in [-0.39, 0.29) is 0 Å². The Labute approximate surface area is 79.9 Å². The van der Waals surface area contributed by atoms with Crippen LogP contribution < -0.4 is 0 Å². The Bertz CT molecular complexity index is 206. The molecule has 0 aliphatic carbocycles. The quantitative estimate of drug-likeness (QED) is 0.556. The van der Waals surface area contributed by atoms with E-state index in [0.29, 0.717) is 0 Å². The van der Waals surface area contributed by atoms with Crippen molar-refractivity contribution in [1.82, 2.24) is 0 Å². The normalized spacial score (nSPS) is 13.1. The van der Waals surface area contributed by atoms with Gasteiger partial charge in [-0.25, -0.2) is 4.79 Å². The van der Waals surface area contributed by atoms with Crippen LogP contribution in [-0.4, -0.2) is 38.1 Å². The van der Waals surface area contributed by atoms with E-state index in [9.17, 15) is 31.1 Å². The minimum absolute atomic E-state index is 0.928. The summed E-state index contributed by atoms with van der Waals surface area (Å²) >= 11 is 0. The number of carbonyl (C=O) groups excluding carboxylic acids is 1. The van der Waals surface area contributed by atoms with Crippen molar-refractivity contribution in [2.45, 2.75) is 18.5 Å². The van der Waals surface area contributed by atoms with Crippen LogP contribution >= 0.6 is 0 Å². The molecule has 3 nitrogen and oxygen atoms in total. The average molecular weight is 240 g/mol. The van der Waals surface area contributed by atoms with Gasteiger partial charge in [-0.2, -0.15) is 26.3 Å². The van der Waals surface area contributed by atoms with Gasteiger partial charge in [-0.15, -0.1) is 0 Å². The van der Waals surface area contributed by atoms with E-state index in [2.05, 4.69) is 9.47 Å². The molecule has 0 amide bonds. The van der Waals surface area contributed by atoms with Gasteiger partial charge in [0.05, 0.1) is 0 Å². The Morgan fingerprint density at radius 1 is 1.13 bits per heavy atom. The van der Waals surface area contributed by atoms with E-state index in [1.807, 2.05) is 0 Å². The van der Waals surface area contributed by atoms with E-state index in [0.717, 1.165) is 7.11 Å². The van der Waals surface area contributed by atoms with Crippen LogP contribution in [0.2, 0.25) is 0 Å². The van der Waals surface area contributed by atoms with Crippen molar-refractivity contribution in [2.75, 3.05) is 13.7 Å². The van der Waals surface area contributed by atoms with E-state index < -0.39 is 31.0 Å². The van der Waals surface area contributed by atoms with Gasteiger partial charge in [0.15, 0.2) is 0 Å². The summed E-state index contributed by atoms with van der Waals surface area (Å²) in [5, 5.41) is 0. The maximum Gasteiger partial charge on any atom is 0.434 e. The summed E-state index contributed by atoms with van der Waals surface area (Å²) in [5.74, 6) is -1.74. The predicted octanol–water partition coefficient (Wildman–Crippen LogP) is 1.67. The first kappa shape index (κ1) is 14.0. The van der Waals surface area contributed by atoms with Crippen LogP contribution in [0.1, 0.15) is 0 Å². The molecule has 0 unspecified atom stereocenters. The van der Waals surface area contributed by atoms with Crippen molar-refractivity contribution < 1.29 is 40.6 Å². The Morgan fingerprint density at radius 3 is 1.80 bits per heavy atom. The number of halogens is 6. The Balaban J connectivity index is 4.62. The number of alkyl halides is 6. The zero-order valence-electron chi connectivity index (χ0n) is 7.28. The molecule has 0 heterocycles. The zero-order valence-corrected chi connectivity index (χ0v) is 7.28. The summed E-state index contributed by atoms with van der Waals surface area (Å²) in [6, 6.07) is 0.